The van der Waals surface area contributed by atoms with Gasteiger partial charge in [-0.1, -0.05) is 6.07 Å². The molecule has 2 amide bonds. The maximum atomic E-state index is 11.8. The molecule has 1 aliphatic carbocycles. The molecule has 5 rings (SSSR count). The molecule has 180 valence electrons. The van der Waals surface area contributed by atoms with Crippen molar-refractivity contribution < 1.29 is 9.59 Å². The molecule has 2 fully saturated rings. The Morgan fingerprint density at radius 3 is 2.66 bits per heavy atom. The van der Waals surface area contributed by atoms with Gasteiger partial charge in [-0.25, -0.2) is 9.97 Å². The number of nitrogens with zero attached hydrogens (tertiary/aromatic N) is 3. The third-order valence-corrected chi connectivity index (χ3v) is 7.67. The van der Waals surface area contributed by atoms with E-state index < -0.39 is 0 Å². The Kier molecular flexibility index (Phi) is 7.21. The Balaban J connectivity index is 1.14. The molecule has 0 radical (unpaired) electrons. The molecule has 1 saturated carbocycles. The number of imide groups is 1. The van der Waals surface area contributed by atoms with Gasteiger partial charge in [0.1, 0.15) is 0 Å². The van der Waals surface area contributed by atoms with Crippen molar-refractivity contribution in [2.75, 3.05) is 5.32 Å². The zero-order valence-corrected chi connectivity index (χ0v) is 20.9. The van der Waals surface area contributed by atoms with Crippen LogP contribution in [0.4, 0.5) is 10.7 Å². The van der Waals surface area contributed by atoms with Gasteiger partial charge in [0.15, 0.2) is 0 Å². The van der Waals surface area contributed by atoms with Gasteiger partial charge in [-0.3, -0.25) is 19.9 Å². The average molecular weight is 507 g/mol. The van der Waals surface area contributed by atoms with Gasteiger partial charge < -0.3 is 10.6 Å². The lowest BCUT2D eigenvalue weighted by Gasteiger charge is -2.31. The Morgan fingerprint density at radius 2 is 1.91 bits per heavy atom. The summed E-state index contributed by atoms with van der Waals surface area (Å²) >= 11 is 2.57. The molecule has 3 aromatic rings. The minimum Gasteiger partial charge on any atom is -0.351 e. The first-order valence-corrected chi connectivity index (χ1v) is 13.4. The van der Waals surface area contributed by atoms with Crippen LogP contribution in [-0.4, -0.2) is 38.2 Å². The van der Waals surface area contributed by atoms with Crippen molar-refractivity contribution in [2.45, 2.75) is 50.7 Å². The monoisotopic (exact) mass is 506 g/mol. The molecule has 1 atom stereocenters. The quantitative estimate of drug-likeness (QED) is 0.384. The van der Waals surface area contributed by atoms with E-state index in [1.165, 1.54) is 0 Å². The summed E-state index contributed by atoms with van der Waals surface area (Å²) in [5.74, 6) is 0.148. The van der Waals surface area contributed by atoms with Crippen LogP contribution in [0.3, 0.4) is 0 Å². The van der Waals surface area contributed by atoms with Crippen LogP contribution in [0.15, 0.2) is 52.2 Å². The number of hydrogen-bond donors (Lipinski definition) is 3. The molecular weight excluding hydrogens is 480 g/mol. The molecule has 0 bridgehead atoms. The van der Waals surface area contributed by atoms with Crippen molar-refractivity contribution in [2.24, 2.45) is 0 Å². The molecule has 3 aromatic heterocycles. The third kappa shape index (κ3) is 5.95. The number of pyridine rings is 1. The highest BCUT2D eigenvalue weighted by Gasteiger charge is 2.26. The predicted octanol–water partition coefficient (Wildman–Crippen LogP) is 5.00. The largest absolute Gasteiger partial charge is 0.351 e. The molecule has 2 aliphatic rings. The Labute approximate surface area is 212 Å². The summed E-state index contributed by atoms with van der Waals surface area (Å²) in [7, 11) is 0. The lowest BCUT2D eigenvalue weighted by Crippen LogP contribution is -2.38. The van der Waals surface area contributed by atoms with E-state index >= 15 is 0 Å². The normalized spacial score (nSPS) is 22.3. The van der Waals surface area contributed by atoms with Gasteiger partial charge in [-0.15, -0.1) is 0 Å². The summed E-state index contributed by atoms with van der Waals surface area (Å²) in [5.41, 5.74) is 3.83. The molecule has 0 spiro atoms. The molecule has 1 saturated heterocycles. The number of hydrogen-bond acceptors (Lipinski definition) is 9. The highest BCUT2D eigenvalue weighted by atomic mass is 32.2. The minimum absolute atomic E-state index is 0.175. The fourth-order valence-corrected chi connectivity index (χ4v) is 5.68. The molecule has 1 unspecified atom stereocenters. The highest BCUT2D eigenvalue weighted by molar-refractivity contribution is 8.18. The lowest BCUT2D eigenvalue weighted by atomic mass is 9.90. The van der Waals surface area contributed by atoms with Crippen LogP contribution in [-0.2, 0) is 4.79 Å². The molecule has 0 aromatic carbocycles. The van der Waals surface area contributed by atoms with Crippen molar-refractivity contribution in [1.82, 2.24) is 25.6 Å². The first-order valence-electron chi connectivity index (χ1n) is 11.6. The summed E-state index contributed by atoms with van der Waals surface area (Å²) in [6, 6.07) is 10.9. The van der Waals surface area contributed by atoms with Crippen LogP contribution in [0, 0.1) is 0 Å². The lowest BCUT2D eigenvalue weighted by molar-refractivity contribution is -0.115. The van der Waals surface area contributed by atoms with Gasteiger partial charge in [0.05, 0.1) is 22.0 Å². The molecule has 1 aliphatic heterocycles. The first-order chi connectivity index (χ1) is 17.0. The Bertz CT molecular complexity index is 1240. The number of thiophene rings is 1. The summed E-state index contributed by atoms with van der Waals surface area (Å²) in [6.07, 6.45) is 7.39. The van der Waals surface area contributed by atoms with Crippen molar-refractivity contribution in [3.8, 4) is 11.3 Å². The zero-order chi connectivity index (χ0) is 24.2. The second kappa shape index (κ2) is 10.7. The number of rotatable bonds is 7. The number of carbonyl (C=O) groups excluding carboxylic acids is 2. The van der Waals surface area contributed by atoms with Crippen LogP contribution in [0.5, 0.6) is 0 Å². The fourth-order valence-electron chi connectivity index (χ4n) is 4.37. The van der Waals surface area contributed by atoms with E-state index in [2.05, 4.69) is 67.9 Å². The van der Waals surface area contributed by atoms with Gasteiger partial charge >= 0.3 is 0 Å². The third-order valence-electron chi connectivity index (χ3n) is 6.18. The van der Waals surface area contributed by atoms with Crippen LogP contribution < -0.4 is 16.0 Å². The zero-order valence-electron chi connectivity index (χ0n) is 19.2. The molecule has 4 heterocycles. The molecular formula is C25H26N6O2S2. The van der Waals surface area contributed by atoms with Crippen molar-refractivity contribution in [3.63, 3.8) is 0 Å². The second-order valence-electron chi connectivity index (χ2n) is 8.70. The predicted molar refractivity (Wildman–Crippen MR) is 140 cm³/mol. The maximum Gasteiger partial charge on any atom is 0.290 e. The highest BCUT2D eigenvalue weighted by Crippen LogP contribution is 2.27. The molecule has 35 heavy (non-hydrogen) atoms. The van der Waals surface area contributed by atoms with E-state index in [0.29, 0.717) is 22.6 Å². The molecule has 10 heteroatoms. The number of nitrogens with one attached hydrogen (secondary N) is 3. The van der Waals surface area contributed by atoms with Gasteiger partial charge in [0, 0.05) is 35.3 Å². The number of aromatic nitrogens is 3. The number of anilines is 1. The van der Waals surface area contributed by atoms with Crippen molar-refractivity contribution in [1.29, 1.82) is 0 Å². The molecule has 3 N–H and O–H groups in total. The Hall–Kier alpha value is -3.08. The average Bonchev–Trinajstić information content (AvgIpc) is 3.50. The van der Waals surface area contributed by atoms with Gasteiger partial charge in [0.25, 0.3) is 11.1 Å². The fraction of sp³-hybridized carbons (Fsp3) is 0.320. The van der Waals surface area contributed by atoms with Gasteiger partial charge in [-0.2, -0.15) is 11.3 Å². The summed E-state index contributed by atoms with van der Waals surface area (Å²) in [5, 5.41) is 13.3. The van der Waals surface area contributed by atoms with Crippen molar-refractivity contribution >= 4 is 46.3 Å². The minimum atomic E-state index is -0.387. The summed E-state index contributed by atoms with van der Waals surface area (Å²) < 4.78 is 0. The summed E-state index contributed by atoms with van der Waals surface area (Å²) in [4.78, 5) is 37.2. The first kappa shape index (κ1) is 23.7. The number of thioether (sulfide) groups is 1. The number of carbonyl (C=O) groups is 2. The van der Waals surface area contributed by atoms with E-state index in [0.717, 1.165) is 54.4 Å². The van der Waals surface area contributed by atoms with Crippen molar-refractivity contribution in [3.05, 3.63) is 63.6 Å². The van der Waals surface area contributed by atoms with Gasteiger partial charge in [-0.05, 0) is 80.1 Å². The van der Waals surface area contributed by atoms with E-state index in [-0.39, 0.29) is 23.2 Å². The standard InChI is InChI=1S/C25H26N6O2S2/c1-15(20-3-2-4-21(30-20)16-10-12-34-14-16)27-17-5-7-18(8-6-17)28-24-26-11-9-19(29-24)13-22-23(32)31-25(33)35-22/h2-4,9-15,17-18,27H,5-8H2,1H3,(H,26,28,29)(H,31,32,33)/b22-13-/t15?,17-,18+. The maximum absolute atomic E-state index is 11.8. The summed E-state index contributed by atoms with van der Waals surface area (Å²) in [6.45, 7) is 2.17. The second-order valence-corrected chi connectivity index (χ2v) is 10.5. The Morgan fingerprint density at radius 1 is 1.09 bits per heavy atom. The van der Waals surface area contributed by atoms with Crippen LogP contribution in [0.1, 0.15) is 50.0 Å². The number of amides is 2. The van der Waals surface area contributed by atoms with E-state index in [4.69, 9.17) is 4.98 Å². The van der Waals surface area contributed by atoms with E-state index in [1.54, 1.807) is 29.7 Å². The van der Waals surface area contributed by atoms with E-state index in [1.807, 2.05) is 0 Å². The van der Waals surface area contributed by atoms with Crippen LogP contribution in [0.25, 0.3) is 17.3 Å². The van der Waals surface area contributed by atoms with E-state index in [9.17, 15) is 9.59 Å². The van der Waals surface area contributed by atoms with Gasteiger partial charge in [0.2, 0.25) is 5.95 Å². The van der Waals surface area contributed by atoms with Crippen LogP contribution >= 0.6 is 23.1 Å². The molecule has 8 nitrogen and oxygen atoms in total. The topological polar surface area (TPSA) is 109 Å². The SMILES string of the molecule is CC(N[C@H]1CC[C@@H](Nc2nccc(/C=C3\SC(=O)NC3=O)n2)CC1)c1cccc(-c2ccsc2)n1. The smallest absolute Gasteiger partial charge is 0.290 e. The van der Waals surface area contributed by atoms with Crippen LogP contribution in [0.2, 0.25) is 0 Å².